The van der Waals surface area contributed by atoms with E-state index in [2.05, 4.69) is 9.97 Å². The number of nitrogens with two attached hydrogens (primary N) is 1. The molecule has 0 aliphatic carbocycles. The van der Waals surface area contributed by atoms with Gasteiger partial charge in [-0.1, -0.05) is 11.8 Å². The number of carboxylic acid groups (broad SMARTS) is 1. The van der Waals surface area contributed by atoms with Crippen molar-refractivity contribution >= 4 is 23.5 Å². The van der Waals surface area contributed by atoms with Crippen LogP contribution in [0.2, 0.25) is 0 Å². The van der Waals surface area contributed by atoms with Crippen molar-refractivity contribution in [3.05, 3.63) is 40.1 Å². The maximum Gasteiger partial charge on any atom is 0.338 e. The maximum atomic E-state index is 11.1. The van der Waals surface area contributed by atoms with Crippen LogP contribution >= 0.6 is 11.8 Å². The molecule has 94 valence electrons. The van der Waals surface area contributed by atoms with Crippen LogP contribution in [0.3, 0.4) is 0 Å². The highest BCUT2D eigenvalue weighted by Crippen LogP contribution is 2.20. The summed E-state index contributed by atoms with van der Waals surface area (Å²) < 4.78 is 5.06. The molecule has 0 amide bonds. The lowest BCUT2D eigenvalue weighted by molar-refractivity contribution is 0.0696. The third-order valence-corrected chi connectivity index (χ3v) is 2.89. The molecule has 0 bridgehead atoms. The van der Waals surface area contributed by atoms with Crippen LogP contribution in [0, 0.1) is 0 Å². The van der Waals surface area contributed by atoms with E-state index in [1.807, 2.05) is 0 Å². The summed E-state index contributed by atoms with van der Waals surface area (Å²) in [6, 6.07) is 2.60. The third-order valence-electron chi connectivity index (χ3n) is 1.99. The van der Waals surface area contributed by atoms with E-state index >= 15 is 0 Å². The average Bonchev–Trinajstić information content (AvgIpc) is 2.73. The Morgan fingerprint density at radius 2 is 2.33 bits per heavy atom. The van der Waals surface area contributed by atoms with Crippen LogP contribution in [0.25, 0.3) is 0 Å². The van der Waals surface area contributed by atoms with E-state index in [4.69, 9.17) is 15.3 Å². The number of carbonyl (C=O) groups is 1. The molecule has 8 heteroatoms. The molecule has 2 aromatic heterocycles. The number of aromatic carboxylic acids is 1. The summed E-state index contributed by atoms with van der Waals surface area (Å²) in [5.74, 6) is -0.0977. The Bertz CT molecular complexity index is 634. The molecule has 0 atom stereocenters. The molecular weight excluding hydrogens is 258 g/mol. The summed E-state index contributed by atoms with van der Waals surface area (Å²) in [5, 5.41) is 9.07. The molecule has 0 fully saturated rings. The first-order valence-corrected chi connectivity index (χ1v) is 5.83. The van der Waals surface area contributed by atoms with E-state index in [1.165, 1.54) is 23.9 Å². The van der Waals surface area contributed by atoms with Crippen LogP contribution in [-0.4, -0.2) is 21.0 Å². The summed E-state index contributed by atoms with van der Waals surface area (Å²) in [5.41, 5.74) is 5.17. The molecule has 0 unspecified atom stereocenters. The number of rotatable bonds is 4. The second-order valence-corrected chi connectivity index (χ2v) is 4.33. The van der Waals surface area contributed by atoms with Crippen LogP contribution in [0.4, 0.5) is 5.82 Å². The monoisotopic (exact) mass is 267 g/mol. The number of carboxylic acids is 1. The number of hydrogen-bond donors (Lipinski definition) is 3. The first-order chi connectivity index (χ1) is 8.54. The molecule has 18 heavy (non-hydrogen) atoms. The van der Waals surface area contributed by atoms with Crippen molar-refractivity contribution in [2.45, 2.75) is 10.9 Å². The van der Waals surface area contributed by atoms with Gasteiger partial charge >= 0.3 is 5.97 Å². The van der Waals surface area contributed by atoms with E-state index in [1.54, 1.807) is 0 Å². The number of anilines is 1. The Morgan fingerprint density at radius 3 is 2.94 bits per heavy atom. The number of H-pyrrole nitrogens is 1. The standard InChI is InChI=1S/C10H9N3O4S/c11-7-2-8(14)13-10(12-7)18-4-6-1-5(3-17-6)9(15)16/h1-3H,4H2,(H,15,16)(H3,11,12,13,14). The number of aromatic amines is 1. The SMILES string of the molecule is Nc1cc(=O)[nH]c(SCc2cc(C(=O)O)co2)n1. The highest BCUT2D eigenvalue weighted by atomic mass is 32.2. The highest BCUT2D eigenvalue weighted by Gasteiger charge is 2.09. The van der Waals surface area contributed by atoms with Gasteiger partial charge in [0.05, 0.1) is 11.3 Å². The van der Waals surface area contributed by atoms with Crippen LogP contribution < -0.4 is 11.3 Å². The van der Waals surface area contributed by atoms with Gasteiger partial charge in [0.1, 0.15) is 17.8 Å². The molecule has 0 saturated carbocycles. The molecule has 0 aromatic carbocycles. The van der Waals surface area contributed by atoms with Crippen molar-refractivity contribution in [2.75, 3.05) is 5.73 Å². The van der Waals surface area contributed by atoms with Gasteiger partial charge in [0.15, 0.2) is 5.16 Å². The smallest absolute Gasteiger partial charge is 0.338 e. The lowest BCUT2D eigenvalue weighted by Crippen LogP contribution is -2.09. The predicted molar refractivity (Wildman–Crippen MR) is 64.5 cm³/mol. The Labute approximate surface area is 105 Å². The van der Waals surface area contributed by atoms with Crippen molar-refractivity contribution < 1.29 is 14.3 Å². The number of furan rings is 1. The minimum atomic E-state index is -1.05. The first-order valence-electron chi connectivity index (χ1n) is 4.85. The van der Waals surface area contributed by atoms with Gasteiger partial charge in [-0.25, -0.2) is 9.78 Å². The lowest BCUT2D eigenvalue weighted by Gasteiger charge is -1.99. The van der Waals surface area contributed by atoms with Gasteiger partial charge in [-0.3, -0.25) is 4.79 Å². The van der Waals surface area contributed by atoms with Crippen molar-refractivity contribution in [2.24, 2.45) is 0 Å². The minimum Gasteiger partial charge on any atom is -0.478 e. The second-order valence-electron chi connectivity index (χ2n) is 3.37. The normalized spacial score (nSPS) is 10.4. The van der Waals surface area contributed by atoms with Crippen LogP contribution in [0.5, 0.6) is 0 Å². The highest BCUT2D eigenvalue weighted by molar-refractivity contribution is 7.98. The van der Waals surface area contributed by atoms with Crippen molar-refractivity contribution in [1.29, 1.82) is 0 Å². The number of hydrogen-bond acceptors (Lipinski definition) is 6. The van der Waals surface area contributed by atoms with E-state index in [9.17, 15) is 9.59 Å². The molecule has 2 aromatic rings. The fourth-order valence-electron chi connectivity index (χ4n) is 1.23. The van der Waals surface area contributed by atoms with E-state index in [0.29, 0.717) is 16.7 Å². The molecule has 0 radical (unpaired) electrons. The van der Waals surface area contributed by atoms with Gasteiger partial charge in [-0.15, -0.1) is 0 Å². The van der Waals surface area contributed by atoms with Crippen molar-refractivity contribution in [3.63, 3.8) is 0 Å². The van der Waals surface area contributed by atoms with E-state index in [-0.39, 0.29) is 16.9 Å². The molecule has 0 spiro atoms. The number of nitrogens with zero attached hydrogens (tertiary/aromatic N) is 1. The Balaban J connectivity index is 2.06. The van der Waals surface area contributed by atoms with Crippen molar-refractivity contribution in [3.8, 4) is 0 Å². The molecule has 7 nitrogen and oxygen atoms in total. The second kappa shape index (κ2) is 4.96. The van der Waals surface area contributed by atoms with Crippen LogP contribution in [-0.2, 0) is 5.75 Å². The fraction of sp³-hybridized carbons (Fsp3) is 0.100. The average molecular weight is 267 g/mol. The third kappa shape index (κ3) is 2.92. The first kappa shape index (κ1) is 12.2. The predicted octanol–water partition coefficient (Wildman–Crippen LogP) is 0.936. The van der Waals surface area contributed by atoms with E-state index in [0.717, 1.165) is 6.26 Å². The number of aromatic nitrogens is 2. The van der Waals surface area contributed by atoms with Crippen molar-refractivity contribution in [1.82, 2.24) is 9.97 Å². The molecule has 4 N–H and O–H groups in total. The van der Waals surface area contributed by atoms with E-state index < -0.39 is 5.97 Å². The summed E-state index contributed by atoms with van der Waals surface area (Å²) in [7, 11) is 0. The zero-order valence-electron chi connectivity index (χ0n) is 9.04. The maximum absolute atomic E-state index is 11.1. The van der Waals surface area contributed by atoms with Gasteiger partial charge < -0.3 is 20.2 Å². The van der Waals surface area contributed by atoms with Crippen LogP contribution in [0.15, 0.2) is 32.8 Å². The molecule has 0 aliphatic heterocycles. The number of nitrogen functional groups attached to an aromatic ring is 1. The molecule has 0 aliphatic rings. The number of nitrogens with one attached hydrogen (secondary N) is 1. The molecular formula is C10H9N3O4S. The molecule has 2 rings (SSSR count). The Morgan fingerprint density at radius 1 is 1.56 bits per heavy atom. The quantitative estimate of drug-likeness (QED) is 0.556. The van der Waals surface area contributed by atoms with Gasteiger partial charge in [-0.2, -0.15) is 0 Å². The summed E-state index contributed by atoms with van der Waals surface area (Å²) in [6.07, 6.45) is 1.16. The van der Waals surface area contributed by atoms with Gasteiger partial charge in [-0.05, 0) is 6.07 Å². The lowest BCUT2D eigenvalue weighted by atomic mass is 10.3. The summed E-state index contributed by atoms with van der Waals surface area (Å²) >= 11 is 1.19. The Kier molecular flexibility index (Phi) is 3.38. The zero-order chi connectivity index (χ0) is 13.1. The Hall–Kier alpha value is -2.22. The van der Waals surface area contributed by atoms with Crippen LogP contribution in [0.1, 0.15) is 16.1 Å². The summed E-state index contributed by atoms with van der Waals surface area (Å²) in [4.78, 5) is 28.2. The number of thioether (sulfide) groups is 1. The summed E-state index contributed by atoms with van der Waals surface area (Å²) in [6.45, 7) is 0. The molecule has 0 saturated heterocycles. The molecule has 2 heterocycles. The minimum absolute atomic E-state index is 0.0830. The largest absolute Gasteiger partial charge is 0.478 e. The zero-order valence-corrected chi connectivity index (χ0v) is 9.86. The van der Waals surface area contributed by atoms with Gasteiger partial charge in [0.2, 0.25) is 0 Å². The fourth-order valence-corrected chi connectivity index (χ4v) is 2.00. The topological polar surface area (TPSA) is 122 Å². The van der Waals surface area contributed by atoms with Gasteiger partial charge in [0, 0.05) is 6.07 Å². The van der Waals surface area contributed by atoms with Gasteiger partial charge in [0.25, 0.3) is 5.56 Å².